The highest BCUT2D eigenvalue weighted by molar-refractivity contribution is 5.44. The van der Waals surface area contributed by atoms with Crippen LogP contribution in [0.4, 0.5) is 0 Å². The van der Waals surface area contributed by atoms with Crippen LogP contribution in [-0.4, -0.2) is 53.1 Å². The Bertz CT molecular complexity index is 673. The van der Waals surface area contributed by atoms with Crippen LogP contribution in [-0.2, 0) is 5.41 Å². The lowest BCUT2D eigenvalue weighted by Crippen LogP contribution is -2.70. The van der Waals surface area contributed by atoms with Gasteiger partial charge in [0.2, 0.25) is 0 Å². The molecule has 144 valence electrons. The van der Waals surface area contributed by atoms with Crippen LogP contribution >= 0.6 is 0 Å². The lowest BCUT2D eigenvalue weighted by Gasteiger charge is -2.61. The number of hydrogen-bond donors (Lipinski definition) is 2. The van der Waals surface area contributed by atoms with Crippen LogP contribution in [0.3, 0.4) is 0 Å². The standard InChI is InChI=1S/C22H33NO3/c1-15-4-7-19(26-3)12-20(15)21-10-11-23(14-17-5-6-17)16(2)22(21,25)9-8-18(24)13-21/h4,7,12,16-18,24-25H,5-6,8-11,13-14H2,1-3H3/t16?,18?,21-,22-/m1/s1. The molecule has 4 rings (SSSR count). The fraction of sp³-hybridized carbons (Fsp3) is 0.727. The van der Waals surface area contributed by atoms with Crippen molar-refractivity contribution in [3.63, 3.8) is 0 Å². The first kappa shape index (κ1) is 18.3. The highest BCUT2D eigenvalue weighted by Gasteiger charge is 2.61. The second-order valence-electron chi connectivity index (χ2n) is 8.95. The number of ether oxygens (including phenoxy) is 1. The van der Waals surface area contributed by atoms with Gasteiger partial charge >= 0.3 is 0 Å². The summed E-state index contributed by atoms with van der Waals surface area (Å²) >= 11 is 0. The van der Waals surface area contributed by atoms with Crippen molar-refractivity contribution in [1.82, 2.24) is 4.90 Å². The quantitative estimate of drug-likeness (QED) is 0.868. The zero-order valence-electron chi connectivity index (χ0n) is 16.4. The van der Waals surface area contributed by atoms with E-state index in [2.05, 4.69) is 30.9 Å². The molecule has 1 aromatic carbocycles. The minimum absolute atomic E-state index is 0.106. The van der Waals surface area contributed by atoms with Gasteiger partial charge in [-0.3, -0.25) is 4.90 Å². The van der Waals surface area contributed by atoms with Crippen molar-refractivity contribution in [2.24, 2.45) is 5.92 Å². The van der Waals surface area contributed by atoms with Crippen LogP contribution in [0.15, 0.2) is 18.2 Å². The first-order chi connectivity index (χ1) is 12.4. The number of rotatable bonds is 4. The summed E-state index contributed by atoms with van der Waals surface area (Å²) in [6, 6.07) is 6.28. The molecular weight excluding hydrogens is 326 g/mol. The van der Waals surface area contributed by atoms with Gasteiger partial charge in [0, 0.05) is 18.0 Å². The molecule has 3 fully saturated rings. The molecule has 2 aliphatic carbocycles. The van der Waals surface area contributed by atoms with E-state index in [-0.39, 0.29) is 12.1 Å². The van der Waals surface area contributed by atoms with Gasteiger partial charge in [-0.1, -0.05) is 6.07 Å². The number of likely N-dealkylation sites (tertiary alicyclic amines) is 1. The predicted octanol–water partition coefficient (Wildman–Crippen LogP) is 3.02. The Morgan fingerprint density at radius 1 is 1.23 bits per heavy atom. The number of aliphatic hydroxyl groups excluding tert-OH is 1. The van der Waals surface area contributed by atoms with E-state index in [1.807, 2.05) is 6.07 Å². The van der Waals surface area contributed by atoms with Crippen molar-refractivity contribution in [3.8, 4) is 5.75 Å². The summed E-state index contributed by atoms with van der Waals surface area (Å²) in [5.74, 6) is 1.65. The summed E-state index contributed by atoms with van der Waals surface area (Å²) in [4.78, 5) is 2.50. The molecule has 0 radical (unpaired) electrons. The lowest BCUT2D eigenvalue weighted by atomic mass is 9.53. The fourth-order valence-electron chi connectivity index (χ4n) is 5.67. The van der Waals surface area contributed by atoms with Gasteiger partial charge in [0.25, 0.3) is 0 Å². The molecule has 1 aromatic rings. The van der Waals surface area contributed by atoms with Crippen LogP contribution in [0.25, 0.3) is 0 Å². The molecule has 4 nitrogen and oxygen atoms in total. The van der Waals surface area contributed by atoms with Gasteiger partial charge in [-0.05, 0) is 88.1 Å². The minimum Gasteiger partial charge on any atom is -0.497 e. The van der Waals surface area contributed by atoms with Gasteiger partial charge in [-0.25, -0.2) is 0 Å². The van der Waals surface area contributed by atoms with Gasteiger partial charge in [0.1, 0.15) is 5.75 Å². The Labute approximate surface area is 157 Å². The molecular formula is C22H33NO3. The summed E-state index contributed by atoms with van der Waals surface area (Å²) in [7, 11) is 1.69. The smallest absolute Gasteiger partial charge is 0.119 e. The van der Waals surface area contributed by atoms with E-state index < -0.39 is 11.0 Å². The average Bonchev–Trinajstić information content (AvgIpc) is 3.44. The van der Waals surface area contributed by atoms with Crippen molar-refractivity contribution < 1.29 is 14.9 Å². The van der Waals surface area contributed by atoms with Gasteiger partial charge in [0.15, 0.2) is 0 Å². The SMILES string of the molecule is COc1ccc(C)c([C@]23CCN(CC4CC4)C(C)[C@]2(O)CCC(O)C3)c1. The molecule has 4 heteroatoms. The van der Waals surface area contributed by atoms with E-state index in [1.54, 1.807) is 7.11 Å². The normalized spacial score (nSPS) is 38.0. The Morgan fingerprint density at radius 2 is 2.00 bits per heavy atom. The van der Waals surface area contributed by atoms with Crippen molar-refractivity contribution >= 4 is 0 Å². The van der Waals surface area contributed by atoms with Crippen LogP contribution < -0.4 is 4.74 Å². The average molecular weight is 360 g/mol. The molecule has 0 bridgehead atoms. The number of aryl methyl sites for hydroxylation is 1. The number of piperidine rings is 1. The maximum absolute atomic E-state index is 12.1. The molecule has 2 saturated carbocycles. The van der Waals surface area contributed by atoms with Gasteiger partial charge in [-0.15, -0.1) is 0 Å². The number of methoxy groups -OCH3 is 1. The monoisotopic (exact) mass is 359 g/mol. The third kappa shape index (κ3) is 2.78. The van der Waals surface area contributed by atoms with Crippen LogP contribution in [0.2, 0.25) is 0 Å². The van der Waals surface area contributed by atoms with E-state index in [9.17, 15) is 10.2 Å². The van der Waals surface area contributed by atoms with Crippen molar-refractivity contribution in [3.05, 3.63) is 29.3 Å². The molecule has 1 heterocycles. The minimum atomic E-state index is -0.809. The second kappa shape index (κ2) is 6.50. The highest BCUT2D eigenvalue weighted by atomic mass is 16.5. The Balaban J connectivity index is 1.77. The van der Waals surface area contributed by atoms with Crippen molar-refractivity contribution in [2.75, 3.05) is 20.2 Å². The molecule has 1 saturated heterocycles. The number of benzene rings is 1. The van der Waals surface area contributed by atoms with E-state index in [0.717, 1.165) is 36.7 Å². The maximum atomic E-state index is 12.1. The van der Waals surface area contributed by atoms with E-state index in [1.165, 1.54) is 18.4 Å². The molecule has 0 amide bonds. The number of hydrogen-bond acceptors (Lipinski definition) is 4. The van der Waals surface area contributed by atoms with Gasteiger partial charge in [0.05, 0.1) is 18.8 Å². The number of aliphatic hydroxyl groups is 2. The maximum Gasteiger partial charge on any atom is 0.119 e. The number of nitrogens with zero attached hydrogens (tertiary/aromatic N) is 1. The van der Waals surface area contributed by atoms with Gasteiger partial charge in [-0.2, -0.15) is 0 Å². The topological polar surface area (TPSA) is 52.9 Å². The molecule has 26 heavy (non-hydrogen) atoms. The molecule has 2 unspecified atom stereocenters. The molecule has 1 aliphatic heterocycles. The van der Waals surface area contributed by atoms with Crippen molar-refractivity contribution in [1.29, 1.82) is 0 Å². The molecule has 0 aromatic heterocycles. The van der Waals surface area contributed by atoms with Crippen LogP contribution in [0.1, 0.15) is 56.6 Å². The van der Waals surface area contributed by atoms with E-state index >= 15 is 0 Å². The van der Waals surface area contributed by atoms with Crippen LogP contribution in [0.5, 0.6) is 5.75 Å². The summed E-state index contributed by atoms with van der Waals surface area (Å²) in [6.07, 6.45) is 5.20. The zero-order chi connectivity index (χ0) is 18.5. The summed E-state index contributed by atoms with van der Waals surface area (Å²) in [6.45, 7) is 6.41. The van der Waals surface area contributed by atoms with Crippen LogP contribution in [0, 0.1) is 12.8 Å². The Hall–Kier alpha value is -1.10. The first-order valence-corrected chi connectivity index (χ1v) is 10.2. The second-order valence-corrected chi connectivity index (χ2v) is 8.95. The molecule has 2 N–H and O–H groups in total. The number of fused-ring (bicyclic) bond motifs is 1. The molecule has 4 atom stereocenters. The van der Waals surface area contributed by atoms with Crippen molar-refractivity contribution in [2.45, 2.75) is 75.5 Å². The Morgan fingerprint density at radius 3 is 2.69 bits per heavy atom. The summed E-state index contributed by atoms with van der Waals surface area (Å²) in [5.41, 5.74) is 1.14. The largest absolute Gasteiger partial charge is 0.497 e. The van der Waals surface area contributed by atoms with Gasteiger partial charge < -0.3 is 14.9 Å². The third-order valence-corrected chi connectivity index (χ3v) is 7.49. The lowest BCUT2D eigenvalue weighted by molar-refractivity contribution is -0.171. The summed E-state index contributed by atoms with van der Waals surface area (Å²) in [5, 5.41) is 22.6. The zero-order valence-corrected chi connectivity index (χ0v) is 16.4. The van der Waals surface area contributed by atoms with E-state index in [0.29, 0.717) is 19.3 Å². The third-order valence-electron chi connectivity index (χ3n) is 7.49. The first-order valence-electron chi connectivity index (χ1n) is 10.2. The van der Waals surface area contributed by atoms with E-state index in [4.69, 9.17) is 4.74 Å². The summed E-state index contributed by atoms with van der Waals surface area (Å²) < 4.78 is 5.49. The molecule has 3 aliphatic rings. The Kier molecular flexibility index (Phi) is 4.57. The fourth-order valence-corrected chi connectivity index (χ4v) is 5.67. The highest BCUT2D eigenvalue weighted by Crippen LogP contribution is 2.55. The molecule has 0 spiro atoms. The predicted molar refractivity (Wildman–Crippen MR) is 103 cm³/mol.